The number of hydrogen-bond donors (Lipinski definition) is 0. The van der Waals surface area contributed by atoms with Gasteiger partial charge in [0.1, 0.15) is 0 Å². The molecule has 0 spiro atoms. The molecule has 2 aromatic heterocycles. The van der Waals surface area contributed by atoms with Crippen molar-refractivity contribution < 1.29 is 4.39 Å². The van der Waals surface area contributed by atoms with E-state index in [1.165, 1.54) is 29.0 Å². The highest BCUT2D eigenvalue weighted by atomic mass is 19.1. The number of rotatable bonds is 2. The second-order valence-corrected chi connectivity index (χ2v) is 6.82. The average Bonchev–Trinajstić information content (AvgIpc) is 2.73. The molecule has 2 heterocycles. The molecular weight excluding hydrogens is 263 g/mol. The lowest BCUT2D eigenvalue weighted by Crippen LogP contribution is -2.13. The van der Waals surface area contributed by atoms with Crippen molar-refractivity contribution in [2.45, 2.75) is 51.9 Å². The minimum Gasteiger partial charge on any atom is -0.256 e. The Morgan fingerprint density at radius 1 is 1.24 bits per heavy atom. The molecule has 0 amide bonds. The summed E-state index contributed by atoms with van der Waals surface area (Å²) in [7, 11) is 0. The average molecular weight is 284 g/mol. The van der Waals surface area contributed by atoms with E-state index in [0.29, 0.717) is 5.92 Å². The molecule has 0 fully saturated rings. The van der Waals surface area contributed by atoms with Crippen molar-refractivity contribution >= 4 is 0 Å². The molecule has 3 rings (SSSR count). The van der Waals surface area contributed by atoms with E-state index in [1.807, 2.05) is 12.3 Å². The predicted octanol–water partition coefficient (Wildman–Crippen LogP) is 4.63. The minimum atomic E-state index is -0.454. The molecule has 0 saturated carbocycles. The maximum Gasteiger partial charge on any atom is 0.213 e. The fraction of sp³-hybridized carbons (Fsp3) is 0.444. The van der Waals surface area contributed by atoms with Crippen molar-refractivity contribution in [3.63, 3.8) is 0 Å². The van der Waals surface area contributed by atoms with E-state index >= 15 is 0 Å². The largest absolute Gasteiger partial charge is 0.256 e. The summed E-state index contributed by atoms with van der Waals surface area (Å²) in [5.74, 6) is -0.0857. The molecule has 0 N–H and O–H groups in total. The van der Waals surface area contributed by atoms with E-state index in [2.05, 4.69) is 37.7 Å². The van der Waals surface area contributed by atoms with Crippen LogP contribution in [0.4, 0.5) is 4.39 Å². The highest BCUT2D eigenvalue weighted by Crippen LogP contribution is 2.43. The Morgan fingerprint density at radius 3 is 2.67 bits per heavy atom. The highest BCUT2D eigenvalue weighted by molar-refractivity contribution is 5.67. The molecule has 1 aliphatic rings. The number of fused-ring (bicyclic) bond motifs is 1. The van der Waals surface area contributed by atoms with Crippen LogP contribution in [0.2, 0.25) is 0 Å². The number of aromatic nitrogens is 2. The first-order valence-corrected chi connectivity index (χ1v) is 7.54. The van der Waals surface area contributed by atoms with Crippen LogP contribution in [0.5, 0.6) is 0 Å². The summed E-state index contributed by atoms with van der Waals surface area (Å²) in [6.07, 6.45) is 5.73. The smallest absolute Gasteiger partial charge is 0.213 e. The van der Waals surface area contributed by atoms with E-state index in [1.54, 1.807) is 0 Å². The third kappa shape index (κ3) is 2.35. The molecule has 0 bridgehead atoms. The van der Waals surface area contributed by atoms with Crippen LogP contribution in [0, 0.1) is 5.95 Å². The van der Waals surface area contributed by atoms with Gasteiger partial charge < -0.3 is 0 Å². The lowest BCUT2D eigenvalue weighted by Gasteiger charge is -2.21. The van der Waals surface area contributed by atoms with Gasteiger partial charge in [-0.05, 0) is 46.9 Å². The Kier molecular flexibility index (Phi) is 3.31. The first-order chi connectivity index (χ1) is 9.90. The maximum absolute atomic E-state index is 13.4. The van der Waals surface area contributed by atoms with Crippen molar-refractivity contribution in [3.8, 4) is 11.3 Å². The number of pyridine rings is 2. The summed E-state index contributed by atoms with van der Waals surface area (Å²) in [5.41, 5.74) is 5.94. The van der Waals surface area contributed by atoms with E-state index in [-0.39, 0.29) is 5.41 Å². The molecule has 110 valence electrons. The Morgan fingerprint density at radius 2 is 2.00 bits per heavy atom. The van der Waals surface area contributed by atoms with Crippen LogP contribution in [-0.2, 0) is 11.8 Å². The summed E-state index contributed by atoms with van der Waals surface area (Å²) in [6, 6.07) is 3.31. The SMILES string of the molecule is CC(C)c1c(-c2ccnc(F)c2)ncc2c1CCC2(C)C. The quantitative estimate of drug-likeness (QED) is 0.751. The molecule has 21 heavy (non-hydrogen) atoms. The second-order valence-electron chi connectivity index (χ2n) is 6.82. The lowest BCUT2D eigenvalue weighted by atomic mass is 9.85. The Balaban J connectivity index is 2.24. The van der Waals surface area contributed by atoms with Gasteiger partial charge in [0.05, 0.1) is 5.69 Å². The first kappa shape index (κ1) is 14.2. The van der Waals surface area contributed by atoms with Crippen molar-refractivity contribution in [1.29, 1.82) is 0 Å². The van der Waals surface area contributed by atoms with Crippen LogP contribution in [0.3, 0.4) is 0 Å². The summed E-state index contributed by atoms with van der Waals surface area (Å²) in [6.45, 7) is 8.92. The summed E-state index contributed by atoms with van der Waals surface area (Å²) in [5, 5.41) is 0. The van der Waals surface area contributed by atoms with Crippen LogP contribution in [0.15, 0.2) is 24.5 Å². The van der Waals surface area contributed by atoms with E-state index in [4.69, 9.17) is 0 Å². The maximum atomic E-state index is 13.4. The van der Waals surface area contributed by atoms with Gasteiger partial charge in [-0.1, -0.05) is 27.7 Å². The van der Waals surface area contributed by atoms with Crippen molar-refractivity contribution in [2.24, 2.45) is 0 Å². The van der Waals surface area contributed by atoms with E-state index in [0.717, 1.165) is 24.1 Å². The third-order valence-electron chi connectivity index (χ3n) is 4.53. The van der Waals surface area contributed by atoms with E-state index < -0.39 is 5.95 Å². The van der Waals surface area contributed by atoms with E-state index in [9.17, 15) is 4.39 Å². The van der Waals surface area contributed by atoms with Gasteiger partial charge in [-0.15, -0.1) is 0 Å². The van der Waals surface area contributed by atoms with Crippen LogP contribution < -0.4 is 0 Å². The number of halogens is 1. The molecule has 0 aliphatic heterocycles. The molecule has 2 nitrogen and oxygen atoms in total. The molecule has 1 aliphatic carbocycles. The fourth-order valence-electron chi connectivity index (χ4n) is 3.39. The lowest BCUT2D eigenvalue weighted by molar-refractivity contribution is 0.521. The molecule has 0 atom stereocenters. The third-order valence-corrected chi connectivity index (χ3v) is 4.53. The minimum absolute atomic E-state index is 0.188. The zero-order valence-electron chi connectivity index (χ0n) is 13.1. The van der Waals surface area contributed by atoms with Crippen LogP contribution in [0.1, 0.15) is 56.7 Å². The molecule has 0 unspecified atom stereocenters. The second kappa shape index (κ2) is 4.90. The Hall–Kier alpha value is -1.77. The van der Waals surface area contributed by atoms with Gasteiger partial charge in [-0.2, -0.15) is 4.39 Å². The normalized spacial score (nSPS) is 16.3. The topological polar surface area (TPSA) is 25.8 Å². The number of hydrogen-bond acceptors (Lipinski definition) is 2. The summed E-state index contributed by atoms with van der Waals surface area (Å²) >= 11 is 0. The van der Waals surface area contributed by atoms with Gasteiger partial charge in [-0.3, -0.25) is 4.98 Å². The molecule has 0 aromatic carbocycles. The summed E-state index contributed by atoms with van der Waals surface area (Å²) < 4.78 is 13.4. The van der Waals surface area contributed by atoms with Gasteiger partial charge in [0.25, 0.3) is 0 Å². The monoisotopic (exact) mass is 284 g/mol. The standard InChI is InChI=1S/C18H21FN2/c1-11(2)16-13-5-7-18(3,4)14(13)10-21-17(16)12-6-8-20-15(19)9-12/h6,8-11H,5,7H2,1-4H3. The fourth-order valence-corrected chi connectivity index (χ4v) is 3.39. The van der Waals surface area contributed by atoms with Gasteiger partial charge in [-0.25, -0.2) is 4.98 Å². The van der Waals surface area contributed by atoms with Crippen molar-refractivity contribution in [2.75, 3.05) is 0 Å². The zero-order valence-corrected chi connectivity index (χ0v) is 13.1. The molecule has 2 aromatic rings. The summed E-state index contributed by atoms with van der Waals surface area (Å²) in [4.78, 5) is 8.33. The highest BCUT2D eigenvalue weighted by Gasteiger charge is 2.33. The Labute approximate surface area is 125 Å². The molecule has 0 saturated heterocycles. The predicted molar refractivity (Wildman–Crippen MR) is 82.9 cm³/mol. The Bertz CT molecular complexity index is 690. The van der Waals surface area contributed by atoms with Gasteiger partial charge in [0.2, 0.25) is 5.95 Å². The van der Waals surface area contributed by atoms with Gasteiger partial charge in [0, 0.05) is 24.0 Å². The van der Waals surface area contributed by atoms with Crippen LogP contribution >= 0.6 is 0 Å². The number of nitrogens with zero attached hydrogens (tertiary/aromatic N) is 2. The molecule has 0 radical (unpaired) electrons. The van der Waals surface area contributed by atoms with Gasteiger partial charge >= 0.3 is 0 Å². The van der Waals surface area contributed by atoms with Crippen LogP contribution in [-0.4, -0.2) is 9.97 Å². The van der Waals surface area contributed by atoms with Crippen LogP contribution in [0.25, 0.3) is 11.3 Å². The zero-order chi connectivity index (χ0) is 15.2. The van der Waals surface area contributed by atoms with Gasteiger partial charge in [0.15, 0.2) is 0 Å². The van der Waals surface area contributed by atoms with Crippen molar-refractivity contribution in [3.05, 3.63) is 47.2 Å². The first-order valence-electron chi connectivity index (χ1n) is 7.54. The van der Waals surface area contributed by atoms with Crippen molar-refractivity contribution in [1.82, 2.24) is 9.97 Å². The molecular formula is C18H21FN2. The molecule has 3 heteroatoms.